The molecule has 0 saturated carbocycles. The van der Waals surface area contributed by atoms with E-state index in [9.17, 15) is 9.59 Å². The van der Waals surface area contributed by atoms with Crippen LogP contribution in [0.25, 0.3) is 0 Å². The van der Waals surface area contributed by atoms with Crippen LogP contribution in [-0.4, -0.2) is 67.1 Å². The SMILES string of the molecule is CCOC(=O)[C@H]1CO[C@@]2(CCN(C(=O)OC(C)(C)C)C2)CN1. The summed E-state index contributed by atoms with van der Waals surface area (Å²) < 4.78 is 16.3. The number of hydrogen-bond donors (Lipinski definition) is 1. The van der Waals surface area contributed by atoms with E-state index in [1.54, 1.807) is 11.8 Å². The van der Waals surface area contributed by atoms with E-state index in [2.05, 4.69) is 5.32 Å². The zero-order chi connectivity index (χ0) is 16.4. The summed E-state index contributed by atoms with van der Waals surface area (Å²) in [5.41, 5.74) is -0.937. The highest BCUT2D eigenvalue weighted by molar-refractivity contribution is 5.76. The molecular formula is C15H26N2O5. The van der Waals surface area contributed by atoms with Crippen LogP contribution in [0.1, 0.15) is 34.1 Å². The molecule has 126 valence electrons. The van der Waals surface area contributed by atoms with Crippen molar-refractivity contribution in [3.8, 4) is 0 Å². The van der Waals surface area contributed by atoms with Gasteiger partial charge in [0.15, 0.2) is 0 Å². The van der Waals surface area contributed by atoms with Crippen molar-refractivity contribution in [2.24, 2.45) is 0 Å². The van der Waals surface area contributed by atoms with Crippen LogP contribution in [0.3, 0.4) is 0 Å². The lowest BCUT2D eigenvalue weighted by Gasteiger charge is -2.37. The van der Waals surface area contributed by atoms with Gasteiger partial charge >= 0.3 is 12.1 Å². The van der Waals surface area contributed by atoms with Gasteiger partial charge in [-0.1, -0.05) is 0 Å². The zero-order valence-corrected chi connectivity index (χ0v) is 13.8. The maximum atomic E-state index is 12.1. The Bertz CT molecular complexity index is 424. The molecule has 2 aliphatic rings. The smallest absolute Gasteiger partial charge is 0.410 e. The molecule has 2 fully saturated rings. The number of morpholine rings is 1. The summed E-state index contributed by atoms with van der Waals surface area (Å²) in [6.07, 6.45) is 0.412. The van der Waals surface area contributed by atoms with Crippen LogP contribution >= 0.6 is 0 Å². The number of carbonyl (C=O) groups is 2. The Kier molecular flexibility index (Phi) is 4.97. The summed E-state index contributed by atoms with van der Waals surface area (Å²) in [4.78, 5) is 25.4. The minimum atomic E-state index is -0.506. The van der Waals surface area contributed by atoms with Gasteiger partial charge in [-0.15, -0.1) is 0 Å². The van der Waals surface area contributed by atoms with Gasteiger partial charge in [-0.2, -0.15) is 0 Å². The topological polar surface area (TPSA) is 77.1 Å². The number of ether oxygens (including phenoxy) is 3. The van der Waals surface area contributed by atoms with E-state index in [0.29, 0.717) is 26.2 Å². The maximum Gasteiger partial charge on any atom is 0.410 e. The summed E-state index contributed by atoms with van der Waals surface area (Å²) in [6, 6.07) is -0.429. The number of nitrogens with one attached hydrogen (secondary N) is 1. The van der Waals surface area contributed by atoms with Gasteiger partial charge in [-0.05, 0) is 34.1 Å². The van der Waals surface area contributed by atoms with Crippen LogP contribution in [0.2, 0.25) is 0 Å². The zero-order valence-electron chi connectivity index (χ0n) is 13.8. The lowest BCUT2D eigenvalue weighted by Crippen LogP contribution is -2.58. The average molecular weight is 314 g/mol. The van der Waals surface area contributed by atoms with Gasteiger partial charge in [0.05, 0.1) is 25.4 Å². The van der Waals surface area contributed by atoms with Crippen molar-refractivity contribution in [3.05, 3.63) is 0 Å². The molecule has 0 aromatic rings. The molecule has 0 aromatic carbocycles. The number of hydrogen-bond acceptors (Lipinski definition) is 6. The van der Waals surface area contributed by atoms with Gasteiger partial charge in [0.25, 0.3) is 0 Å². The second-order valence-corrected chi connectivity index (χ2v) is 6.83. The van der Waals surface area contributed by atoms with Crippen molar-refractivity contribution in [1.29, 1.82) is 0 Å². The summed E-state index contributed by atoms with van der Waals surface area (Å²) in [6.45, 7) is 9.53. The molecule has 2 heterocycles. The molecule has 0 radical (unpaired) electrons. The largest absolute Gasteiger partial charge is 0.465 e. The Morgan fingerprint density at radius 3 is 2.68 bits per heavy atom. The fourth-order valence-corrected chi connectivity index (χ4v) is 2.66. The van der Waals surface area contributed by atoms with Crippen molar-refractivity contribution >= 4 is 12.1 Å². The quantitative estimate of drug-likeness (QED) is 0.764. The first-order valence-electron chi connectivity index (χ1n) is 7.77. The van der Waals surface area contributed by atoms with Gasteiger partial charge in [-0.25, -0.2) is 4.79 Å². The fraction of sp³-hybridized carbons (Fsp3) is 0.867. The maximum absolute atomic E-state index is 12.1. The minimum absolute atomic E-state index is 0.265. The first-order valence-corrected chi connectivity index (χ1v) is 7.77. The third-order valence-electron chi connectivity index (χ3n) is 3.77. The van der Waals surface area contributed by atoms with Gasteiger partial charge < -0.3 is 19.1 Å². The number of likely N-dealkylation sites (tertiary alicyclic amines) is 1. The molecule has 0 aliphatic carbocycles. The molecule has 7 nitrogen and oxygen atoms in total. The molecule has 1 N–H and O–H groups in total. The van der Waals surface area contributed by atoms with Gasteiger partial charge in [-0.3, -0.25) is 10.1 Å². The van der Waals surface area contributed by atoms with Crippen LogP contribution in [-0.2, 0) is 19.0 Å². The molecule has 1 amide bonds. The molecule has 2 aliphatic heterocycles. The van der Waals surface area contributed by atoms with Crippen LogP contribution in [0.4, 0.5) is 4.79 Å². The molecule has 22 heavy (non-hydrogen) atoms. The molecule has 2 atom stereocenters. The Morgan fingerprint density at radius 1 is 1.41 bits per heavy atom. The first-order chi connectivity index (χ1) is 10.2. The van der Waals surface area contributed by atoms with Crippen LogP contribution in [0.15, 0.2) is 0 Å². The standard InChI is InChI=1S/C15H26N2O5/c1-5-20-12(18)11-8-21-15(9-16-11)6-7-17(10-15)13(19)22-14(2,3)4/h11,16H,5-10H2,1-4H3/t11-,15+/m1/s1. The number of amides is 1. The molecule has 1 spiro atoms. The third-order valence-corrected chi connectivity index (χ3v) is 3.77. The van der Waals surface area contributed by atoms with Gasteiger partial charge in [0.1, 0.15) is 11.6 Å². The number of rotatable bonds is 2. The Morgan fingerprint density at radius 2 is 2.14 bits per heavy atom. The number of nitrogens with zero attached hydrogens (tertiary/aromatic N) is 1. The van der Waals surface area contributed by atoms with E-state index in [1.807, 2.05) is 20.8 Å². The van der Waals surface area contributed by atoms with E-state index in [4.69, 9.17) is 14.2 Å². The number of carbonyl (C=O) groups excluding carboxylic acids is 2. The Hall–Kier alpha value is -1.34. The monoisotopic (exact) mass is 314 g/mol. The van der Waals surface area contributed by atoms with E-state index in [-0.39, 0.29) is 18.7 Å². The van der Waals surface area contributed by atoms with E-state index in [0.717, 1.165) is 6.42 Å². The van der Waals surface area contributed by atoms with E-state index in [1.165, 1.54) is 0 Å². The molecular weight excluding hydrogens is 288 g/mol. The average Bonchev–Trinajstić information content (AvgIpc) is 2.82. The third kappa shape index (κ3) is 4.10. The predicted octanol–water partition coefficient (Wildman–Crippen LogP) is 0.917. The molecule has 0 bridgehead atoms. The van der Waals surface area contributed by atoms with Gasteiger partial charge in [0.2, 0.25) is 0 Å². The van der Waals surface area contributed by atoms with Crippen molar-refractivity contribution in [3.63, 3.8) is 0 Å². The predicted molar refractivity (Wildman–Crippen MR) is 79.5 cm³/mol. The van der Waals surface area contributed by atoms with Crippen molar-refractivity contribution in [2.75, 3.05) is 32.8 Å². The first kappa shape index (κ1) is 17.0. The fourth-order valence-electron chi connectivity index (χ4n) is 2.66. The summed E-state index contributed by atoms with van der Waals surface area (Å²) in [5.74, 6) is -0.292. The molecule has 2 rings (SSSR count). The highest BCUT2D eigenvalue weighted by Crippen LogP contribution is 2.28. The van der Waals surface area contributed by atoms with E-state index >= 15 is 0 Å². The van der Waals surface area contributed by atoms with Gasteiger partial charge in [0, 0.05) is 13.1 Å². The molecule has 0 aromatic heterocycles. The molecule has 2 saturated heterocycles. The van der Waals surface area contributed by atoms with Crippen molar-refractivity contribution < 1.29 is 23.8 Å². The lowest BCUT2D eigenvalue weighted by molar-refractivity contribution is -0.154. The highest BCUT2D eigenvalue weighted by atomic mass is 16.6. The van der Waals surface area contributed by atoms with Crippen LogP contribution in [0, 0.1) is 0 Å². The Labute approximate surface area is 131 Å². The van der Waals surface area contributed by atoms with Crippen molar-refractivity contribution in [1.82, 2.24) is 10.2 Å². The summed E-state index contributed by atoms with van der Waals surface area (Å²) >= 11 is 0. The number of esters is 1. The second-order valence-electron chi connectivity index (χ2n) is 6.83. The van der Waals surface area contributed by atoms with Crippen molar-refractivity contribution in [2.45, 2.75) is 51.4 Å². The molecule has 0 unspecified atom stereocenters. The normalized spacial score (nSPS) is 28.7. The second kappa shape index (κ2) is 6.42. The lowest BCUT2D eigenvalue weighted by atomic mass is 10.0. The summed E-state index contributed by atoms with van der Waals surface area (Å²) in [5, 5.41) is 3.17. The van der Waals surface area contributed by atoms with Crippen LogP contribution < -0.4 is 5.32 Å². The van der Waals surface area contributed by atoms with Crippen LogP contribution in [0.5, 0.6) is 0 Å². The minimum Gasteiger partial charge on any atom is -0.465 e. The van der Waals surface area contributed by atoms with E-state index < -0.39 is 17.2 Å². The molecule has 7 heteroatoms. The highest BCUT2D eigenvalue weighted by Gasteiger charge is 2.45. The Balaban J connectivity index is 1.86. The summed E-state index contributed by atoms with van der Waals surface area (Å²) in [7, 11) is 0.